The first-order valence-corrected chi connectivity index (χ1v) is 14.8. The van der Waals surface area contributed by atoms with E-state index in [4.69, 9.17) is 18.9 Å². The van der Waals surface area contributed by atoms with Gasteiger partial charge in [0.1, 0.15) is 11.7 Å². The van der Waals surface area contributed by atoms with Gasteiger partial charge >= 0.3 is 0 Å². The molecule has 2 aromatic heterocycles. The van der Waals surface area contributed by atoms with Gasteiger partial charge in [0.15, 0.2) is 23.2 Å². The molecule has 2 aliphatic heterocycles. The maximum atomic E-state index is 12.9. The van der Waals surface area contributed by atoms with Crippen molar-refractivity contribution >= 4 is 23.0 Å². The fraction of sp³-hybridized carbons (Fsp3) is 0.438. The zero-order chi connectivity index (χ0) is 29.4. The smallest absolute Gasteiger partial charge is 0.280 e. The monoisotopic (exact) mass is 583 g/mol. The third-order valence-electron chi connectivity index (χ3n) is 9.59. The Morgan fingerprint density at radius 3 is 2.44 bits per heavy atom. The van der Waals surface area contributed by atoms with E-state index in [1.165, 1.54) is 0 Å². The van der Waals surface area contributed by atoms with E-state index in [0.29, 0.717) is 25.5 Å². The van der Waals surface area contributed by atoms with Gasteiger partial charge in [0.2, 0.25) is 11.9 Å². The van der Waals surface area contributed by atoms with E-state index in [9.17, 15) is 9.59 Å². The van der Waals surface area contributed by atoms with Gasteiger partial charge in [0.25, 0.3) is 5.56 Å². The standard InChI is InChI=1S/C32H33N5O6/c1-19(2)26(38)35-29-34-25-22(27(39)36-29)33-18-37(25)28-23-24-31(43-28,17-40-15-20-9-5-3-6-10-20)30(13-14-30)32(24,42-23)41-16-21-11-7-4-8-12-21/h3-12,18-19,23-24,28H,13-17H2,1-2H3,(H2,34,35,36,38,39)/t23?,24?,28-,31-,32?/m1/s1. The molecule has 1 spiro atoms. The number of fused-ring (bicyclic) bond motifs is 3. The van der Waals surface area contributed by atoms with Gasteiger partial charge in [-0.3, -0.25) is 24.5 Å². The predicted molar refractivity (Wildman–Crippen MR) is 155 cm³/mol. The van der Waals surface area contributed by atoms with E-state index in [0.717, 1.165) is 24.0 Å². The van der Waals surface area contributed by atoms with Gasteiger partial charge in [0.05, 0.1) is 37.5 Å². The zero-order valence-electron chi connectivity index (χ0n) is 24.0. The van der Waals surface area contributed by atoms with Crippen LogP contribution in [0.25, 0.3) is 11.2 Å². The molecule has 3 unspecified atom stereocenters. The number of nitrogens with one attached hydrogen (secondary N) is 2. The minimum atomic E-state index is -0.768. The summed E-state index contributed by atoms with van der Waals surface area (Å²) in [6.07, 6.45) is 2.41. The van der Waals surface area contributed by atoms with E-state index in [-0.39, 0.29) is 40.7 Å². The second kappa shape index (κ2) is 9.55. The number of ether oxygens (including phenoxy) is 4. The summed E-state index contributed by atoms with van der Waals surface area (Å²) in [5.41, 5.74) is 1.23. The van der Waals surface area contributed by atoms with Crippen molar-refractivity contribution in [2.45, 2.75) is 63.6 Å². The van der Waals surface area contributed by atoms with Crippen LogP contribution in [0.4, 0.5) is 5.95 Å². The van der Waals surface area contributed by atoms with Gasteiger partial charge in [0, 0.05) is 5.92 Å². The summed E-state index contributed by atoms with van der Waals surface area (Å²) in [6.45, 7) is 4.82. The van der Waals surface area contributed by atoms with Crippen LogP contribution in [0.2, 0.25) is 0 Å². The number of hydrogen-bond donors (Lipinski definition) is 2. The molecule has 43 heavy (non-hydrogen) atoms. The molecule has 0 bridgehead atoms. The predicted octanol–water partition coefficient (Wildman–Crippen LogP) is 3.92. The summed E-state index contributed by atoms with van der Waals surface area (Å²) < 4.78 is 28.5. The summed E-state index contributed by atoms with van der Waals surface area (Å²) in [6, 6.07) is 20.2. The molecule has 8 rings (SSSR count). The average Bonchev–Trinajstić information content (AvgIpc) is 3.68. The molecular formula is C32H33N5O6. The Morgan fingerprint density at radius 1 is 1.07 bits per heavy atom. The van der Waals surface area contributed by atoms with E-state index in [1.807, 2.05) is 60.7 Å². The molecule has 1 amide bonds. The highest BCUT2D eigenvalue weighted by molar-refractivity contribution is 5.91. The van der Waals surface area contributed by atoms with Crippen LogP contribution in [-0.2, 0) is 37.0 Å². The van der Waals surface area contributed by atoms with E-state index >= 15 is 0 Å². The number of H-pyrrole nitrogens is 1. The normalized spacial score (nSPS) is 29.3. The molecule has 0 radical (unpaired) electrons. The van der Waals surface area contributed by atoms with Gasteiger partial charge in [-0.05, 0) is 24.0 Å². The lowest BCUT2D eigenvalue weighted by atomic mass is 9.49. The first kappa shape index (κ1) is 26.7. The molecule has 4 heterocycles. The number of rotatable bonds is 10. The second-order valence-electron chi connectivity index (χ2n) is 12.3. The first-order valence-electron chi connectivity index (χ1n) is 14.8. The SMILES string of the molecule is CC(C)C(=O)Nc1nc2c(ncn2[C@@H]2O[C@]3(COCc4ccccc4)C4C2OC4(OCc2ccccc2)C32CC2)c(=O)[nH]1. The average molecular weight is 584 g/mol. The number of amides is 1. The molecule has 4 fully saturated rings. The Balaban J connectivity index is 1.13. The first-order chi connectivity index (χ1) is 20.9. The van der Waals surface area contributed by atoms with Gasteiger partial charge in [-0.15, -0.1) is 0 Å². The Labute approximate surface area is 247 Å². The minimum Gasteiger partial charge on any atom is -0.374 e. The molecule has 2 aliphatic carbocycles. The lowest BCUT2D eigenvalue weighted by Gasteiger charge is -2.71. The molecule has 5 atom stereocenters. The minimum absolute atomic E-state index is 0.0635. The van der Waals surface area contributed by atoms with Crippen molar-refractivity contribution in [2.75, 3.05) is 11.9 Å². The Kier molecular flexibility index (Phi) is 5.93. The number of benzene rings is 2. The summed E-state index contributed by atoms with van der Waals surface area (Å²) in [5, 5.41) is 2.69. The molecule has 2 N–H and O–H groups in total. The van der Waals surface area contributed by atoms with Crippen molar-refractivity contribution in [2.24, 2.45) is 17.3 Å². The third kappa shape index (κ3) is 3.75. The molecule has 2 saturated heterocycles. The fourth-order valence-electron chi connectivity index (χ4n) is 7.40. The van der Waals surface area contributed by atoms with Crippen molar-refractivity contribution in [3.05, 3.63) is 88.5 Å². The van der Waals surface area contributed by atoms with Crippen LogP contribution in [0, 0.1) is 17.3 Å². The lowest BCUT2D eigenvalue weighted by molar-refractivity contribution is -0.495. The topological polar surface area (TPSA) is 130 Å². The molecule has 2 aromatic carbocycles. The molecular weight excluding hydrogens is 550 g/mol. The number of hydrogen-bond acceptors (Lipinski definition) is 8. The highest BCUT2D eigenvalue weighted by Gasteiger charge is 2.97. The maximum absolute atomic E-state index is 12.9. The van der Waals surface area contributed by atoms with Crippen LogP contribution >= 0.6 is 0 Å². The van der Waals surface area contributed by atoms with E-state index in [2.05, 4.69) is 20.3 Å². The fourth-order valence-corrected chi connectivity index (χ4v) is 7.40. The summed E-state index contributed by atoms with van der Waals surface area (Å²) in [5.74, 6) is -1.31. The van der Waals surface area contributed by atoms with Gasteiger partial charge in [-0.25, -0.2) is 4.98 Å². The van der Waals surface area contributed by atoms with Crippen molar-refractivity contribution in [1.29, 1.82) is 0 Å². The van der Waals surface area contributed by atoms with Gasteiger partial charge in [-0.1, -0.05) is 74.5 Å². The number of imidazole rings is 1. The number of nitrogens with zero attached hydrogens (tertiary/aromatic N) is 3. The summed E-state index contributed by atoms with van der Waals surface area (Å²) >= 11 is 0. The molecule has 11 heteroatoms. The van der Waals surface area contributed by atoms with Crippen LogP contribution < -0.4 is 10.9 Å². The molecule has 4 aliphatic rings. The van der Waals surface area contributed by atoms with Crippen LogP contribution in [0.5, 0.6) is 0 Å². The summed E-state index contributed by atoms with van der Waals surface area (Å²) in [7, 11) is 0. The van der Waals surface area contributed by atoms with Crippen LogP contribution in [-0.4, -0.2) is 49.5 Å². The Morgan fingerprint density at radius 2 is 1.77 bits per heavy atom. The molecule has 11 nitrogen and oxygen atoms in total. The van der Waals surface area contributed by atoms with Gasteiger partial charge < -0.3 is 18.9 Å². The second-order valence-corrected chi connectivity index (χ2v) is 12.3. The van der Waals surface area contributed by atoms with Crippen LogP contribution in [0.1, 0.15) is 44.0 Å². The lowest BCUT2D eigenvalue weighted by Crippen LogP contribution is -2.85. The van der Waals surface area contributed by atoms with Crippen molar-refractivity contribution in [3.8, 4) is 0 Å². The Bertz CT molecular complexity index is 1750. The quantitative estimate of drug-likeness (QED) is 0.287. The summed E-state index contributed by atoms with van der Waals surface area (Å²) in [4.78, 5) is 36.8. The number of carbonyl (C=O) groups is 1. The van der Waals surface area contributed by atoms with Crippen LogP contribution in [0.3, 0.4) is 0 Å². The maximum Gasteiger partial charge on any atom is 0.280 e. The molecule has 222 valence electrons. The van der Waals surface area contributed by atoms with Crippen molar-refractivity contribution < 1.29 is 23.7 Å². The number of anilines is 1. The highest BCUT2D eigenvalue weighted by atomic mass is 16.8. The van der Waals surface area contributed by atoms with Gasteiger partial charge in [-0.2, -0.15) is 4.98 Å². The number of aromatic nitrogens is 4. The van der Waals surface area contributed by atoms with Crippen molar-refractivity contribution in [3.63, 3.8) is 0 Å². The van der Waals surface area contributed by atoms with Crippen molar-refractivity contribution in [1.82, 2.24) is 19.5 Å². The third-order valence-corrected chi connectivity index (χ3v) is 9.59. The number of carbonyl (C=O) groups excluding carboxylic acids is 1. The number of aromatic amines is 1. The molecule has 2 saturated carbocycles. The Hall–Kier alpha value is -3.90. The zero-order valence-corrected chi connectivity index (χ0v) is 24.0. The molecule has 4 aromatic rings. The highest BCUT2D eigenvalue weighted by Crippen LogP contribution is 2.86. The van der Waals surface area contributed by atoms with E-state index in [1.54, 1.807) is 24.7 Å². The van der Waals surface area contributed by atoms with E-state index < -0.39 is 23.2 Å². The van der Waals surface area contributed by atoms with Crippen LogP contribution in [0.15, 0.2) is 71.8 Å². The largest absolute Gasteiger partial charge is 0.374 e.